The van der Waals surface area contributed by atoms with Crippen LogP contribution in [0.1, 0.15) is 11.1 Å². The van der Waals surface area contributed by atoms with E-state index in [-0.39, 0.29) is 5.82 Å². The lowest BCUT2D eigenvalue weighted by molar-refractivity contribution is 0.628. The molecule has 3 aromatic rings. The summed E-state index contributed by atoms with van der Waals surface area (Å²) in [4.78, 5) is 0. The first kappa shape index (κ1) is 13.0. The van der Waals surface area contributed by atoms with E-state index in [0.717, 1.165) is 33.2 Å². The van der Waals surface area contributed by atoms with Crippen LogP contribution in [0.4, 0.5) is 4.39 Å². The van der Waals surface area contributed by atoms with Crippen LogP contribution >= 0.6 is 11.6 Å². The van der Waals surface area contributed by atoms with E-state index in [1.807, 2.05) is 26.0 Å². The van der Waals surface area contributed by atoms with Crippen molar-refractivity contribution in [3.05, 3.63) is 58.5 Å². The van der Waals surface area contributed by atoms with Gasteiger partial charge in [0.05, 0.1) is 0 Å². The molecule has 0 unspecified atom stereocenters. The Morgan fingerprint density at radius 1 is 0.850 bits per heavy atom. The highest BCUT2D eigenvalue weighted by atomic mass is 35.5. The van der Waals surface area contributed by atoms with E-state index in [2.05, 4.69) is 10.2 Å². The fourth-order valence-electron chi connectivity index (χ4n) is 2.39. The van der Waals surface area contributed by atoms with Gasteiger partial charge in [-0.1, -0.05) is 23.7 Å². The summed E-state index contributed by atoms with van der Waals surface area (Å²) < 4.78 is 13.1. The first-order valence-electron chi connectivity index (χ1n) is 6.26. The second-order valence-corrected chi connectivity index (χ2v) is 5.15. The molecule has 20 heavy (non-hydrogen) atoms. The number of halogens is 2. The molecule has 1 aromatic heterocycles. The van der Waals surface area contributed by atoms with Crippen molar-refractivity contribution in [3.8, 4) is 11.3 Å². The van der Waals surface area contributed by atoms with E-state index < -0.39 is 0 Å². The smallest absolute Gasteiger partial charge is 0.159 e. The molecule has 0 aliphatic carbocycles. The molecular weight excluding hydrogens is 275 g/mol. The number of hydrogen-bond donors (Lipinski definition) is 0. The number of benzene rings is 2. The number of fused-ring (bicyclic) bond motifs is 1. The average molecular weight is 287 g/mol. The van der Waals surface area contributed by atoms with Gasteiger partial charge in [-0.3, -0.25) is 0 Å². The quantitative estimate of drug-likeness (QED) is 0.647. The number of hydrogen-bond acceptors (Lipinski definition) is 2. The maximum atomic E-state index is 13.1. The molecule has 0 fully saturated rings. The van der Waals surface area contributed by atoms with E-state index in [0.29, 0.717) is 5.15 Å². The van der Waals surface area contributed by atoms with Crippen molar-refractivity contribution in [1.82, 2.24) is 10.2 Å². The summed E-state index contributed by atoms with van der Waals surface area (Å²) in [6.45, 7) is 4.00. The highest BCUT2D eigenvalue weighted by molar-refractivity contribution is 6.35. The third kappa shape index (κ3) is 2.04. The number of aryl methyl sites for hydroxylation is 2. The first-order valence-corrected chi connectivity index (χ1v) is 6.64. The Hall–Kier alpha value is -2.00. The third-order valence-corrected chi connectivity index (χ3v) is 3.69. The topological polar surface area (TPSA) is 25.8 Å². The Morgan fingerprint density at radius 3 is 2.10 bits per heavy atom. The van der Waals surface area contributed by atoms with Gasteiger partial charge in [0.2, 0.25) is 0 Å². The van der Waals surface area contributed by atoms with Crippen LogP contribution in [0.25, 0.3) is 22.0 Å². The van der Waals surface area contributed by atoms with Crippen molar-refractivity contribution >= 4 is 22.4 Å². The molecule has 0 aliphatic rings. The molecule has 1 heterocycles. The predicted molar refractivity (Wildman–Crippen MR) is 79.4 cm³/mol. The highest BCUT2D eigenvalue weighted by Crippen LogP contribution is 2.33. The molecule has 0 atom stereocenters. The maximum Gasteiger partial charge on any atom is 0.159 e. The van der Waals surface area contributed by atoms with Gasteiger partial charge >= 0.3 is 0 Å². The molecule has 3 rings (SSSR count). The van der Waals surface area contributed by atoms with Crippen molar-refractivity contribution < 1.29 is 4.39 Å². The summed E-state index contributed by atoms with van der Waals surface area (Å²) in [6.07, 6.45) is 0. The number of rotatable bonds is 1. The lowest BCUT2D eigenvalue weighted by atomic mass is 9.98. The Balaban J connectivity index is 2.40. The minimum Gasteiger partial charge on any atom is -0.207 e. The van der Waals surface area contributed by atoms with Crippen molar-refractivity contribution in [3.63, 3.8) is 0 Å². The Bertz CT molecular complexity index is 789. The summed E-state index contributed by atoms with van der Waals surface area (Å²) in [6, 6.07) is 10.3. The van der Waals surface area contributed by atoms with Crippen molar-refractivity contribution in [2.45, 2.75) is 13.8 Å². The molecule has 4 heteroatoms. The molecule has 0 aliphatic heterocycles. The van der Waals surface area contributed by atoms with E-state index in [1.165, 1.54) is 12.1 Å². The summed E-state index contributed by atoms with van der Waals surface area (Å²) >= 11 is 6.19. The van der Waals surface area contributed by atoms with Gasteiger partial charge in [0.1, 0.15) is 11.5 Å². The van der Waals surface area contributed by atoms with E-state index in [9.17, 15) is 4.39 Å². The molecule has 2 nitrogen and oxygen atoms in total. The minimum absolute atomic E-state index is 0.270. The van der Waals surface area contributed by atoms with Gasteiger partial charge in [-0.15, -0.1) is 10.2 Å². The van der Waals surface area contributed by atoms with Crippen LogP contribution in [-0.2, 0) is 0 Å². The standard InChI is InChI=1S/C16H12ClFN2/c1-9-3-4-10(2)14-13(9)15(19-20-16(14)17)11-5-7-12(18)8-6-11/h3-8H,1-2H3. The van der Waals surface area contributed by atoms with Gasteiger partial charge in [-0.05, 0) is 49.2 Å². The minimum atomic E-state index is -0.270. The van der Waals surface area contributed by atoms with Crippen LogP contribution in [0.2, 0.25) is 5.15 Å². The lowest BCUT2D eigenvalue weighted by Gasteiger charge is -2.11. The van der Waals surface area contributed by atoms with Crippen LogP contribution < -0.4 is 0 Å². The van der Waals surface area contributed by atoms with Gasteiger partial charge in [-0.25, -0.2) is 4.39 Å². The number of nitrogens with zero attached hydrogens (tertiary/aromatic N) is 2. The molecule has 0 saturated heterocycles. The maximum absolute atomic E-state index is 13.1. The first-order chi connectivity index (χ1) is 9.58. The normalized spacial score (nSPS) is 11.0. The molecular formula is C16H12ClFN2. The van der Waals surface area contributed by atoms with Gasteiger partial charge < -0.3 is 0 Å². The van der Waals surface area contributed by atoms with E-state index in [1.54, 1.807) is 12.1 Å². The highest BCUT2D eigenvalue weighted by Gasteiger charge is 2.13. The Kier molecular flexibility index (Phi) is 3.14. The molecule has 0 amide bonds. The third-order valence-electron chi connectivity index (χ3n) is 3.42. The van der Waals surface area contributed by atoms with E-state index >= 15 is 0 Å². The van der Waals surface area contributed by atoms with Gasteiger partial charge in [0.25, 0.3) is 0 Å². The molecule has 0 N–H and O–H groups in total. The molecule has 100 valence electrons. The molecule has 0 spiro atoms. The fraction of sp³-hybridized carbons (Fsp3) is 0.125. The van der Waals surface area contributed by atoms with E-state index in [4.69, 9.17) is 11.6 Å². The molecule has 2 aromatic carbocycles. The largest absolute Gasteiger partial charge is 0.207 e. The Morgan fingerprint density at radius 2 is 1.45 bits per heavy atom. The van der Waals surface area contributed by atoms with Crippen LogP contribution in [0.15, 0.2) is 36.4 Å². The van der Waals surface area contributed by atoms with Crippen LogP contribution in [0.5, 0.6) is 0 Å². The summed E-state index contributed by atoms with van der Waals surface area (Å²) in [5.41, 5.74) is 3.68. The summed E-state index contributed by atoms with van der Waals surface area (Å²) in [7, 11) is 0. The van der Waals surface area contributed by atoms with Crippen molar-refractivity contribution in [2.75, 3.05) is 0 Å². The van der Waals surface area contributed by atoms with Crippen molar-refractivity contribution in [1.29, 1.82) is 0 Å². The van der Waals surface area contributed by atoms with Gasteiger partial charge in [0.15, 0.2) is 5.15 Å². The lowest BCUT2D eigenvalue weighted by Crippen LogP contribution is -1.95. The zero-order valence-corrected chi connectivity index (χ0v) is 11.9. The second kappa shape index (κ2) is 4.84. The summed E-state index contributed by atoms with van der Waals surface area (Å²) in [5, 5.41) is 10.5. The van der Waals surface area contributed by atoms with Gasteiger partial charge in [-0.2, -0.15) is 0 Å². The van der Waals surface area contributed by atoms with Crippen LogP contribution in [-0.4, -0.2) is 10.2 Å². The fourth-order valence-corrected chi connectivity index (χ4v) is 2.67. The zero-order chi connectivity index (χ0) is 14.3. The average Bonchev–Trinajstić information content (AvgIpc) is 2.44. The Labute approximate surface area is 121 Å². The molecule has 0 saturated carbocycles. The number of aromatic nitrogens is 2. The monoisotopic (exact) mass is 286 g/mol. The SMILES string of the molecule is Cc1ccc(C)c2c(-c3ccc(F)cc3)nnc(Cl)c12. The zero-order valence-electron chi connectivity index (χ0n) is 11.1. The second-order valence-electron chi connectivity index (χ2n) is 4.80. The van der Waals surface area contributed by atoms with Crippen LogP contribution in [0.3, 0.4) is 0 Å². The van der Waals surface area contributed by atoms with Crippen LogP contribution in [0, 0.1) is 19.7 Å². The molecule has 0 radical (unpaired) electrons. The van der Waals surface area contributed by atoms with Gasteiger partial charge in [0, 0.05) is 16.3 Å². The summed E-state index contributed by atoms with van der Waals surface area (Å²) in [5.74, 6) is -0.270. The molecule has 0 bridgehead atoms. The van der Waals surface area contributed by atoms with Crippen molar-refractivity contribution in [2.24, 2.45) is 0 Å². The predicted octanol–water partition coefficient (Wildman–Crippen LogP) is 4.71.